The topological polar surface area (TPSA) is 21.7 Å². The Hall–Kier alpha value is -0.640. The molecule has 0 saturated carbocycles. The van der Waals surface area contributed by atoms with Crippen LogP contribution in [0.1, 0.15) is 226 Å². The molecule has 2 unspecified atom stereocenters. The van der Waals surface area contributed by atoms with Crippen LogP contribution >= 0.6 is 0 Å². The quantitative estimate of drug-likeness (QED) is 0.0484. The Morgan fingerprint density at radius 2 is 0.875 bits per heavy atom. The highest BCUT2D eigenvalue weighted by atomic mass is 16.7. The van der Waals surface area contributed by atoms with Crippen LogP contribution in [0.25, 0.3) is 0 Å². The molecule has 0 N–H and O–H groups in total. The van der Waals surface area contributed by atoms with E-state index in [0.29, 0.717) is 0 Å². The Morgan fingerprint density at radius 1 is 0.500 bits per heavy atom. The van der Waals surface area contributed by atoms with Crippen molar-refractivity contribution in [3.8, 4) is 0 Å². The smallest absolute Gasteiger partial charge is 0.168 e. The van der Waals surface area contributed by atoms with E-state index in [2.05, 4.69) is 57.1 Å². The number of ether oxygens (including phenoxy) is 2. The van der Waals surface area contributed by atoms with E-state index in [4.69, 9.17) is 9.47 Å². The average Bonchev–Trinajstić information content (AvgIpc) is 3.49. The zero-order chi connectivity index (χ0) is 34.6. The van der Waals surface area contributed by atoms with Gasteiger partial charge in [-0.1, -0.05) is 186 Å². The predicted molar refractivity (Wildman–Crippen MR) is 214 cm³/mol. The van der Waals surface area contributed by atoms with Crippen LogP contribution in [0.2, 0.25) is 0 Å². The molecule has 0 amide bonds. The summed E-state index contributed by atoms with van der Waals surface area (Å²) < 4.78 is 13.2. The molecule has 1 aliphatic rings. The maximum Gasteiger partial charge on any atom is 0.168 e. The Morgan fingerprint density at radius 3 is 1.31 bits per heavy atom. The molecule has 0 spiro atoms. The molecule has 0 aromatic rings. The molecule has 0 radical (unpaired) electrons. The second kappa shape index (κ2) is 34.8. The first kappa shape index (κ1) is 45.4. The fourth-order valence-corrected chi connectivity index (χ4v) is 7.23. The molecule has 284 valence electrons. The highest BCUT2D eigenvalue weighted by molar-refractivity contribution is 4.92. The molecular formula is C45H87NO2. The molecule has 48 heavy (non-hydrogen) atoms. The van der Waals surface area contributed by atoms with Gasteiger partial charge in [-0.2, -0.15) is 0 Å². The van der Waals surface area contributed by atoms with Crippen molar-refractivity contribution in [1.82, 2.24) is 4.90 Å². The summed E-state index contributed by atoms with van der Waals surface area (Å²) in [5.74, 6) is -0.304. The summed E-state index contributed by atoms with van der Waals surface area (Å²) in [6.45, 7) is 6.44. The average molecular weight is 674 g/mol. The zero-order valence-corrected chi connectivity index (χ0v) is 33.4. The summed E-state index contributed by atoms with van der Waals surface area (Å²) in [5.41, 5.74) is 0. The van der Waals surface area contributed by atoms with Crippen molar-refractivity contribution in [1.29, 1.82) is 0 Å². The molecule has 1 fully saturated rings. The second-order valence-electron chi connectivity index (χ2n) is 15.6. The molecule has 0 aliphatic carbocycles. The lowest BCUT2D eigenvalue weighted by molar-refractivity contribution is -0.180. The van der Waals surface area contributed by atoms with E-state index in [9.17, 15) is 0 Å². The van der Waals surface area contributed by atoms with Crippen LogP contribution in [0.5, 0.6) is 0 Å². The standard InChI is InChI=1S/C45H87NO2/c1-5-7-9-11-13-15-17-19-21-23-24-26-28-30-32-34-36-38-41-45(47-43-44(48-45)39-42-46(3)4)40-37-35-33-31-29-27-25-22-20-18-16-14-12-10-8-6-2/h14,16,20,22,44H,5-13,15,17-19,21,23-43H2,1-4H3/b16-14-,22-20-. The molecule has 3 heteroatoms. The van der Waals surface area contributed by atoms with Gasteiger partial charge in [0.15, 0.2) is 5.79 Å². The van der Waals surface area contributed by atoms with Crippen LogP contribution in [0.4, 0.5) is 0 Å². The third kappa shape index (κ3) is 29.1. The predicted octanol–water partition coefficient (Wildman–Crippen LogP) is 14.7. The van der Waals surface area contributed by atoms with Crippen molar-refractivity contribution in [2.24, 2.45) is 0 Å². The summed E-state index contributed by atoms with van der Waals surface area (Å²) in [6.07, 6.45) is 54.2. The zero-order valence-electron chi connectivity index (χ0n) is 33.4. The van der Waals surface area contributed by atoms with Gasteiger partial charge in [0.25, 0.3) is 0 Å². The normalized spacial score (nSPS) is 18.4. The first-order valence-corrected chi connectivity index (χ1v) is 21.9. The lowest BCUT2D eigenvalue weighted by atomic mass is 9.98. The number of rotatable bonds is 37. The van der Waals surface area contributed by atoms with Crippen LogP contribution in [-0.2, 0) is 9.47 Å². The Kier molecular flexibility index (Phi) is 32.9. The molecule has 3 nitrogen and oxygen atoms in total. The molecule has 1 saturated heterocycles. The molecule has 0 aromatic heterocycles. The highest BCUT2D eigenvalue weighted by Gasteiger charge is 2.40. The lowest BCUT2D eigenvalue weighted by Crippen LogP contribution is -2.31. The van der Waals surface area contributed by atoms with Crippen LogP contribution < -0.4 is 0 Å². The van der Waals surface area contributed by atoms with Gasteiger partial charge < -0.3 is 14.4 Å². The number of unbranched alkanes of at least 4 members (excludes halogenated alkanes) is 26. The third-order valence-electron chi connectivity index (χ3n) is 10.5. The fourth-order valence-electron chi connectivity index (χ4n) is 7.23. The number of hydrogen-bond acceptors (Lipinski definition) is 3. The van der Waals surface area contributed by atoms with Crippen molar-refractivity contribution in [2.75, 3.05) is 27.2 Å². The van der Waals surface area contributed by atoms with E-state index in [-0.39, 0.29) is 11.9 Å². The number of hydrogen-bond donors (Lipinski definition) is 0. The highest BCUT2D eigenvalue weighted by Crippen LogP contribution is 2.35. The lowest BCUT2D eigenvalue weighted by Gasteiger charge is -2.29. The van der Waals surface area contributed by atoms with Crippen molar-refractivity contribution < 1.29 is 9.47 Å². The van der Waals surface area contributed by atoms with Gasteiger partial charge >= 0.3 is 0 Å². The minimum atomic E-state index is -0.304. The summed E-state index contributed by atoms with van der Waals surface area (Å²) in [7, 11) is 4.32. The second-order valence-corrected chi connectivity index (χ2v) is 15.6. The fraction of sp³-hybridized carbons (Fsp3) is 0.911. The van der Waals surface area contributed by atoms with Gasteiger partial charge in [0.1, 0.15) is 0 Å². The van der Waals surface area contributed by atoms with Crippen LogP contribution in [0.3, 0.4) is 0 Å². The van der Waals surface area contributed by atoms with Gasteiger partial charge in [-0.3, -0.25) is 0 Å². The summed E-state index contributed by atoms with van der Waals surface area (Å²) >= 11 is 0. The van der Waals surface area contributed by atoms with Gasteiger partial charge in [0.2, 0.25) is 0 Å². The Bertz CT molecular complexity index is 703. The molecule has 1 aliphatic heterocycles. The SMILES string of the molecule is CCCCC/C=C\C/C=C\CCCCCCCCC1(CCCCCCCCCCCCCCCCCCCC)OCC(CCN(C)C)O1. The van der Waals surface area contributed by atoms with E-state index in [0.717, 1.165) is 38.8 Å². The molecule has 0 bridgehead atoms. The minimum absolute atomic E-state index is 0.271. The van der Waals surface area contributed by atoms with Gasteiger partial charge in [0.05, 0.1) is 12.7 Å². The summed E-state index contributed by atoms with van der Waals surface area (Å²) in [6, 6.07) is 0. The Labute approximate surface area is 302 Å². The summed E-state index contributed by atoms with van der Waals surface area (Å²) in [5, 5.41) is 0. The van der Waals surface area contributed by atoms with Crippen molar-refractivity contribution in [3.05, 3.63) is 24.3 Å². The maximum atomic E-state index is 6.70. The first-order chi connectivity index (χ1) is 23.6. The van der Waals surface area contributed by atoms with Crippen molar-refractivity contribution in [3.63, 3.8) is 0 Å². The van der Waals surface area contributed by atoms with E-state index in [1.54, 1.807) is 0 Å². The van der Waals surface area contributed by atoms with Gasteiger partial charge in [-0.15, -0.1) is 0 Å². The van der Waals surface area contributed by atoms with Crippen molar-refractivity contribution in [2.45, 2.75) is 238 Å². The van der Waals surface area contributed by atoms with Gasteiger partial charge in [-0.25, -0.2) is 0 Å². The van der Waals surface area contributed by atoms with Gasteiger partial charge in [-0.05, 0) is 65.5 Å². The van der Waals surface area contributed by atoms with E-state index < -0.39 is 0 Å². The molecule has 1 heterocycles. The monoisotopic (exact) mass is 674 g/mol. The third-order valence-corrected chi connectivity index (χ3v) is 10.5. The van der Waals surface area contributed by atoms with Crippen LogP contribution in [0, 0.1) is 0 Å². The maximum absolute atomic E-state index is 6.70. The first-order valence-electron chi connectivity index (χ1n) is 21.9. The molecule has 0 aromatic carbocycles. The molecule has 1 rings (SSSR count). The van der Waals surface area contributed by atoms with Crippen molar-refractivity contribution >= 4 is 0 Å². The van der Waals surface area contributed by atoms with E-state index in [1.165, 1.54) is 186 Å². The largest absolute Gasteiger partial charge is 0.347 e. The van der Waals surface area contributed by atoms with E-state index in [1.807, 2.05) is 0 Å². The van der Waals surface area contributed by atoms with Crippen LogP contribution in [0.15, 0.2) is 24.3 Å². The summed E-state index contributed by atoms with van der Waals surface area (Å²) in [4.78, 5) is 2.27. The van der Waals surface area contributed by atoms with E-state index >= 15 is 0 Å². The van der Waals surface area contributed by atoms with Gasteiger partial charge in [0, 0.05) is 19.4 Å². The molecule has 2 atom stereocenters. The Balaban J connectivity index is 2.09. The number of allylic oxidation sites excluding steroid dienone is 4. The van der Waals surface area contributed by atoms with Crippen LogP contribution in [-0.4, -0.2) is 44.0 Å². The number of nitrogens with zero attached hydrogens (tertiary/aromatic N) is 1. The molecular weight excluding hydrogens is 587 g/mol. The minimum Gasteiger partial charge on any atom is -0.347 e.